The number of carbonyl (C=O) groups is 2. The zero-order chi connectivity index (χ0) is 24.8. The Bertz CT molecular complexity index is 1250. The van der Waals surface area contributed by atoms with Gasteiger partial charge < -0.3 is 15.1 Å². The van der Waals surface area contributed by atoms with E-state index in [1.165, 1.54) is 12.1 Å². The molecular formula is C26H23ClN4O4. The van der Waals surface area contributed by atoms with E-state index < -0.39 is 10.8 Å². The zero-order valence-corrected chi connectivity index (χ0v) is 19.5. The molecule has 9 heteroatoms. The number of amides is 2. The molecule has 1 fully saturated rings. The van der Waals surface area contributed by atoms with E-state index in [0.29, 0.717) is 31.9 Å². The summed E-state index contributed by atoms with van der Waals surface area (Å²) < 4.78 is 0. The Labute approximate surface area is 207 Å². The van der Waals surface area contributed by atoms with Crippen molar-refractivity contribution in [2.75, 3.05) is 36.4 Å². The van der Waals surface area contributed by atoms with E-state index in [2.05, 4.69) is 10.2 Å². The molecule has 0 spiro atoms. The van der Waals surface area contributed by atoms with Crippen molar-refractivity contribution in [3.8, 4) is 0 Å². The lowest BCUT2D eigenvalue weighted by Gasteiger charge is -2.35. The van der Waals surface area contributed by atoms with Crippen LogP contribution >= 0.6 is 11.6 Å². The molecule has 8 nitrogen and oxygen atoms in total. The van der Waals surface area contributed by atoms with Crippen molar-refractivity contribution >= 4 is 46.6 Å². The standard InChI is InChI=1S/C26H23ClN4O4/c27-24-18-22(31(34)35)11-12-23(24)26(33)28-20-7-9-21(10-8-20)29-14-16-30(17-15-29)25(32)13-6-19-4-2-1-3-5-19/h1-13,18H,14-17H2,(H,28,33). The van der Waals surface area contributed by atoms with Crippen molar-refractivity contribution in [1.29, 1.82) is 0 Å². The fraction of sp³-hybridized carbons (Fsp3) is 0.154. The maximum Gasteiger partial charge on any atom is 0.270 e. The fourth-order valence-corrected chi connectivity index (χ4v) is 4.04. The molecule has 3 aromatic carbocycles. The van der Waals surface area contributed by atoms with Gasteiger partial charge >= 0.3 is 0 Å². The van der Waals surface area contributed by atoms with Crippen molar-refractivity contribution in [2.45, 2.75) is 0 Å². The van der Waals surface area contributed by atoms with Crippen LogP contribution in [0.5, 0.6) is 0 Å². The first kappa shape index (κ1) is 24.0. The lowest BCUT2D eigenvalue weighted by molar-refractivity contribution is -0.384. The highest BCUT2D eigenvalue weighted by Gasteiger charge is 2.20. The lowest BCUT2D eigenvalue weighted by Crippen LogP contribution is -2.48. The van der Waals surface area contributed by atoms with Gasteiger partial charge in [0.25, 0.3) is 11.6 Å². The van der Waals surface area contributed by atoms with Crippen LogP contribution in [0.1, 0.15) is 15.9 Å². The topological polar surface area (TPSA) is 95.8 Å². The summed E-state index contributed by atoms with van der Waals surface area (Å²) in [6.07, 6.45) is 3.44. The molecule has 1 N–H and O–H groups in total. The maximum absolute atomic E-state index is 12.5. The molecule has 0 aromatic heterocycles. The van der Waals surface area contributed by atoms with Crippen molar-refractivity contribution < 1.29 is 14.5 Å². The second kappa shape index (κ2) is 10.8. The highest BCUT2D eigenvalue weighted by Crippen LogP contribution is 2.24. The predicted molar refractivity (Wildman–Crippen MR) is 137 cm³/mol. The number of nitro groups is 1. The monoisotopic (exact) mass is 490 g/mol. The number of nitrogens with one attached hydrogen (secondary N) is 1. The maximum atomic E-state index is 12.5. The minimum atomic E-state index is -0.566. The summed E-state index contributed by atoms with van der Waals surface area (Å²) in [6, 6.07) is 20.8. The summed E-state index contributed by atoms with van der Waals surface area (Å²) in [5.41, 5.74) is 2.53. The van der Waals surface area contributed by atoms with Gasteiger partial charge in [-0.25, -0.2) is 0 Å². The van der Waals surface area contributed by atoms with Crippen LogP contribution in [-0.4, -0.2) is 47.8 Å². The van der Waals surface area contributed by atoms with Gasteiger partial charge in [-0.1, -0.05) is 41.9 Å². The average Bonchev–Trinajstić information content (AvgIpc) is 2.88. The number of piperazine rings is 1. The first-order valence-electron chi connectivity index (χ1n) is 11.0. The van der Waals surface area contributed by atoms with E-state index in [1.54, 1.807) is 18.2 Å². The summed E-state index contributed by atoms with van der Waals surface area (Å²) in [6.45, 7) is 2.65. The van der Waals surface area contributed by atoms with Gasteiger partial charge in [0.1, 0.15) is 0 Å². The smallest absolute Gasteiger partial charge is 0.270 e. The molecule has 0 atom stereocenters. The number of nitro benzene ring substituents is 1. The van der Waals surface area contributed by atoms with Gasteiger partial charge in [0.05, 0.1) is 15.5 Å². The van der Waals surface area contributed by atoms with Gasteiger partial charge in [-0.15, -0.1) is 0 Å². The number of non-ortho nitro benzene ring substituents is 1. The van der Waals surface area contributed by atoms with Crippen LogP contribution in [0, 0.1) is 10.1 Å². The van der Waals surface area contributed by atoms with E-state index in [1.807, 2.05) is 53.4 Å². The molecule has 0 saturated carbocycles. The number of carbonyl (C=O) groups excluding carboxylic acids is 2. The second-order valence-electron chi connectivity index (χ2n) is 7.98. The Hall–Kier alpha value is -4.17. The third-order valence-corrected chi connectivity index (χ3v) is 6.02. The number of benzene rings is 3. The molecule has 1 saturated heterocycles. The van der Waals surface area contributed by atoms with Gasteiger partial charge in [0.2, 0.25) is 5.91 Å². The molecule has 0 radical (unpaired) electrons. The summed E-state index contributed by atoms with van der Waals surface area (Å²) in [5, 5.41) is 13.6. The minimum absolute atomic E-state index is 0.00327. The molecule has 178 valence electrons. The summed E-state index contributed by atoms with van der Waals surface area (Å²) in [4.78, 5) is 39.3. The molecule has 3 aromatic rings. The summed E-state index contributed by atoms with van der Waals surface area (Å²) >= 11 is 6.04. The highest BCUT2D eigenvalue weighted by molar-refractivity contribution is 6.34. The van der Waals surface area contributed by atoms with Crippen molar-refractivity contribution in [3.63, 3.8) is 0 Å². The third-order valence-electron chi connectivity index (χ3n) is 5.71. The Morgan fingerprint density at radius 2 is 1.63 bits per heavy atom. The van der Waals surface area contributed by atoms with E-state index in [-0.39, 0.29) is 22.2 Å². The minimum Gasteiger partial charge on any atom is -0.368 e. The molecular weight excluding hydrogens is 468 g/mol. The first-order valence-corrected chi connectivity index (χ1v) is 11.4. The van der Waals surface area contributed by atoms with Gasteiger partial charge in [-0.2, -0.15) is 0 Å². The number of hydrogen-bond acceptors (Lipinski definition) is 5. The number of nitrogens with zero attached hydrogens (tertiary/aromatic N) is 3. The molecule has 2 amide bonds. The number of rotatable bonds is 6. The molecule has 1 aliphatic rings. The van der Waals surface area contributed by atoms with E-state index in [0.717, 1.165) is 17.3 Å². The number of halogens is 1. The van der Waals surface area contributed by atoms with Crippen LogP contribution in [0.25, 0.3) is 6.08 Å². The van der Waals surface area contributed by atoms with Gasteiger partial charge in [0.15, 0.2) is 0 Å². The average molecular weight is 491 g/mol. The van der Waals surface area contributed by atoms with Crippen LogP contribution in [0.3, 0.4) is 0 Å². The molecule has 1 heterocycles. The normalized spacial score (nSPS) is 13.6. The van der Waals surface area contributed by atoms with Crippen LogP contribution in [0.2, 0.25) is 5.02 Å². The second-order valence-corrected chi connectivity index (χ2v) is 8.39. The van der Waals surface area contributed by atoms with Gasteiger partial charge in [-0.3, -0.25) is 19.7 Å². The molecule has 0 aliphatic carbocycles. The van der Waals surface area contributed by atoms with Crippen molar-refractivity contribution in [2.24, 2.45) is 0 Å². The summed E-state index contributed by atoms with van der Waals surface area (Å²) in [7, 11) is 0. The third kappa shape index (κ3) is 6.04. The van der Waals surface area contributed by atoms with Crippen molar-refractivity contribution in [3.05, 3.63) is 105 Å². The molecule has 35 heavy (non-hydrogen) atoms. The fourth-order valence-electron chi connectivity index (χ4n) is 3.78. The van der Waals surface area contributed by atoms with Crippen LogP contribution in [0.15, 0.2) is 78.9 Å². The van der Waals surface area contributed by atoms with Crippen LogP contribution in [0.4, 0.5) is 17.1 Å². The first-order chi connectivity index (χ1) is 16.9. The quantitative estimate of drug-likeness (QED) is 0.302. The largest absolute Gasteiger partial charge is 0.368 e. The summed E-state index contributed by atoms with van der Waals surface area (Å²) in [5.74, 6) is -0.454. The molecule has 0 bridgehead atoms. The SMILES string of the molecule is O=C(Nc1ccc(N2CCN(C(=O)C=Cc3ccccc3)CC2)cc1)c1ccc([N+](=O)[O-])cc1Cl. The van der Waals surface area contributed by atoms with E-state index in [4.69, 9.17) is 11.6 Å². The van der Waals surface area contributed by atoms with Crippen LogP contribution in [-0.2, 0) is 4.79 Å². The van der Waals surface area contributed by atoms with Crippen LogP contribution < -0.4 is 10.2 Å². The molecule has 4 rings (SSSR count). The molecule has 0 unspecified atom stereocenters. The Kier molecular flexibility index (Phi) is 7.42. The van der Waals surface area contributed by atoms with Gasteiger partial charge in [-0.05, 0) is 42.0 Å². The lowest BCUT2D eigenvalue weighted by atomic mass is 10.1. The molecule has 1 aliphatic heterocycles. The van der Waals surface area contributed by atoms with Crippen molar-refractivity contribution in [1.82, 2.24) is 4.90 Å². The Morgan fingerprint density at radius 1 is 0.943 bits per heavy atom. The Morgan fingerprint density at radius 3 is 2.26 bits per heavy atom. The van der Waals surface area contributed by atoms with E-state index in [9.17, 15) is 19.7 Å². The predicted octanol–water partition coefficient (Wildman–Crippen LogP) is 4.86. The van der Waals surface area contributed by atoms with Gasteiger partial charge in [0, 0.05) is 55.8 Å². The highest BCUT2D eigenvalue weighted by atomic mass is 35.5. The Balaban J connectivity index is 1.31. The van der Waals surface area contributed by atoms with E-state index >= 15 is 0 Å². The number of hydrogen-bond donors (Lipinski definition) is 1. The number of anilines is 2. The zero-order valence-electron chi connectivity index (χ0n) is 18.8.